The van der Waals surface area contributed by atoms with Gasteiger partial charge in [-0.25, -0.2) is 4.79 Å². The van der Waals surface area contributed by atoms with Crippen LogP contribution in [0.25, 0.3) is 0 Å². The molecule has 1 aromatic carbocycles. The number of thiophene rings is 1. The average Bonchev–Trinajstić information content (AvgIpc) is 3.02. The summed E-state index contributed by atoms with van der Waals surface area (Å²) in [5.41, 5.74) is 1.97. The molecule has 0 saturated heterocycles. The summed E-state index contributed by atoms with van der Waals surface area (Å²) >= 11 is 3.54. The number of urea groups is 1. The molecular weight excluding hydrogens is 324 g/mol. The van der Waals surface area contributed by atoms with Crippen LogP contribution in [0.15, 0.2) is 40.6 Å². The summed E-state index contributed by atoms with van der Waals surface area (Å²) in [4.78, 5) is 16.4. The molecule has 1 heterocycles. The molecule has 0 aliphatic heterocycles. The van der Waals surface area contributed by atoms with Crippen LogP contribution in [0.1, 0.15) is 30.7 Å². The lowest BCUT2D eigenvalue weighted by molar-refractivity contribution is 0.221. The molecule has 3 nitrogen and oxygen atoms in total. The third kappa shape index (κ3) is 5.29. The van der Waals surface area contributed by atoms with E-state index in [0.29, 0.717) is 11.8 Å². The molecule has 0 aliphatic carbocycles. The van der Waals surface area contributed by atoms with E-state index in [1.165, 1.54) is 9.77 Å². The molecule has 2 rings (SSSR count). The highest BCUT2D eigenvalue weighted by Gasteiger charge is 2.12. The van der Waals surface area contributed by atoms with Crippen molar-refractivity contribution in [2.24, 2.45) is 0 Å². The summed E-state index contributed by atoms with van der Waals surface area (Å²) in [7, 11) is 1.82. The summed E-state index contributed by atoms with van der Waals surface area (Å²) in [5, 5.41) is 5.63. The fourth-order valence-electron chi connectivity index (χ4n) is 2.08. The third-order valence-corrected chi connectivity index (χ3v) is 5.79. The van der Waals surface area contributed by atoms with Gasteiger partial charge in [0.1, 0.15) is 0 Å². The van der Waals surface area contributed by atoms with E-state index in [4.69, 9.17) is 0 Å². The Morgan fingerprint density at radius 1 is 1.39 bits per heavy atom. The van der Waals surface area contributed by atoms with E-state index in [1.54, 1.807) is 16.2 Å². The number of thioether (sulfide) groups is 1. The highest BCUT2D eigenvalue weighted by molar-refractivity contribution is 7.99. The third-order valence-electron chi connectivity index (χ3n) is 3.67. The molecule has 0 fully saturated rings. The molecule has 0 aliphatic rings. The second kappa shape index (κ2) is 8.41. The van der Waals surface area contributed by atoms with Crippen LogP contribution in [0.4, 0.5) is 10.5 Å². The molecule has 2 amide bonds. The lowest BCUT2D eigenvalue weighted by atomic mass is 10.2. The first-order valence-corrected chi connectivity index (χ1v) is 9.57. The van der Waals surface area contributed by atoms with Gasteiger partial charge in [0.2, 0.25) is 0 Å². The Kier molecular flexibility index (Phi) is 6.54. The molecule has 1 atom stereocenters. The molecule has 124 valence electrons. The predicted molar refractivity (Wildman–Crippen MR) is 102 cm³/mol. The van der Waals surface area contributed by atoms with Gasteiger partial charge in [-0.1, -0.05) is 19.9 Å². The van der Waals surface area contributed by atoms with E-state index in [-0.39, 0.29) is 6.03 Å². The van der Waals surface area contributed by atoms with Crippen molar-refractivity contribution in [1.82, 2.24) is 4.90 Å². The van der Waals surface area contributed by atoms with Crippen LogP contribution in [-0.2, 0) is 6.54 Å². The second-order valence-electron chi connectivity index (χ2n) is 5.68. The number of anilines is 1. The largest absolute Gasteiger partial charge is 0.322 e. The highest BCUT2D eigenvalue weighted by atomic mass is 32.2. The van der Waals surface area contributed by atoms with Crippen LogP contribution < -0.4 is 5.32 Å². The maximum atomic E-state index is 12.3. The average molecular weight is 349 g/mol. The topological polar surface area (TPSA) is 32.3 Å². The minimum atomic E-state index is -0.0798. The first-order valence-electron chi connectivity index (χ1n) is 7.81. The number of benzene rings is 1. The molecule has 23 heavy (non-hydrogen) atoms. The molecule has 0 spiro atoms. The van der Waals surface area contributed by atoms with E-state index < -0.39 is 0 Å². The van der Waals surface area contributed by atoms with Crippen LogP contribution in [-0.4, -0.2) is 23.2 Å². The first-order chi connectivity index (χ1) is 11.0. The summed E-state index contributed by atoms with van der Waals surface area (Å²) < 4.78 is 0. The van der Waals surface area contributed by atoms with Gasteiger partial charge in [-0.2, -0.15) is 0 Å². The normalized spacial score (nSPS) is 12.0. The van der Waals surface area contributed by atoms with Crippen LogP contribution in [0.2, 0.25) is 0 Å². The Labute approximate surface area is 147 Å². The van der Waals surface area contributed by atoms with Crippen LogP contribution in [0.5, 0.6) is 0 Å². The smallest absolute Gasteiger partial charge is 0.321 e. The number of nitrogens with one attached hydrogen (secondary N) is 1. The number of rotatable bonds is 6. The van der Waals surface area contributed by atoms with Gasteiger partial charge < -0.3 is 10.2 Å². The van der Waals surface area contributed by atoms with Crippen molar-refractivity contribution in [2.75, 3.05) is 12.4 Å². The second-order valence-corrected chi connectivity index (χ2v) is 8.22. The lowest BCUT2D eigenvalue weighted by Gasteiger charge is -2.18. The van der Waals surface area contributed by atoms with Crippen LogP contribution in [0, 0.1) is 6.92 Å². The van der Waals surface area contributed by atoms with Crippen molar-refractivity contribution < 1.29 is 4.79 Å². The Morgan fingerprint density at radius 3 is 2.78 bits per heavy atom. The van der Waals surface area contributed by atoms with Crippen molar-refractivity contribution in [3.05, 3.63) is 46.2 Å². The summed E-state index contributed by atoms with van der Waals surface area (Å²) in [5.74, 6) is 0. The van der Waals surface area contributed by atoms with Gasteiger partial charge in [-0.15, -0.1) is 23.1 Å². The minimum absolute atomic E-state index is 0.0798. The number of hydrogen-bond acceptors (Lipinski definition) is 3. The fourth-order valence-corrected chi connectivity index (χ4v) is 3.86. The van der Waals surface area contributed by atoms with Crippen molar-refractivity contribution in [2.45, 2.75) is 43.9 Å². The standard InChI is InChI=1S/C18H24N2OS2/c1-5-14(3)23-15-8-9-17(13(2)11-15)19-18(21)20(4)12-16-7-6-10-22-16/h6-11,14H,5,12H2,1-4H3,(H,19,21). The minimum Gasteiger partial charge on any atom is -0.322 e. The zero-order valence-corrected chi connectivity index (χ0v) is 15.8. The molecule has 0 radical (unpaired) electrons. The quantitative estimate of drug-likeness (QED) is 0.688. The summed E-state index contributed by atoms with van der Waals surface area (Å²) in [6.45, 7) is 7.10. The maximum Gasteiger partial charge on any atom is 0.321 e. The van der Waals surface area contributed by atoms with Crippen molar-refractivity contribution >= 4 is 34.8 Å². The number of carbonyl (C=O) groups is 1. The molecule has 2 aromatic rings. The SMILES string of the molecule is CCC(C)Sc1ccc(NC(=O)N(C)Cc2cccs2)c(C)c1. The van der Waals surface area contributed by atoms with Crippen LogP contribution >= 0.6 is 23.1 Å². The molecule has 0 saturated carbocycles. The summed E-state index contributed by atoms with van der Waals surface area (Å²) in [6.07, 6.45) is 1.15. The van der Waals surface area contributed by atoms with Gasteiger partial charge >= 0.3 is 6.03 Å². The molecule has 1 aromatic heterocycles. The van der Waals surface area contributed by atoms with Gasteiger partial charge in [0.25, 0.3) is 0 Å². The zero-order chi connectivity index (χ0) is 16.8. The molecular formula is C18H24N2OS2. The summed E-state index contributed by atoms with van der Waals surface area (Å²) in [6, 6.07) is 10.2. The van der Waals surface area contributed by atoms with Crippen molar-refractivity contribution in [3.63, 3.8) is 0 Å². The zero-order valence-electron chi connectivity index (χ0n) is 14.1. The van der Waals surface area contributed by atoms with E-state index in [9.17, 15) is 4.79 Å². The number of carbonyl (C=O) groups excluding carboxylic acids is 1. The predicted octanol–water partition coefficient (Wildman–Crippen LogP) is 5.61. The Hall–Kier alpha value is -1.46. The van der Waals surface area contributed by atoms with Gasteiger partial charge in [0.15, 0.2) is 0 Å². The number of amides is 2. The van der Waals surface area contributed by atoms with Gasteiger partial charge in [0, 0.05) is 27.8 Å². The van der Waals surface area contributed by atoms with E-state index in [1.807, 2.05) is 49.3 Å². The van der Waals surface area contributed by atoms with Gasteiger partial charge in [0.05, 0.1) is 6.54 Å². The Morgan fingerprint density at radius 2 is 2.17 bits per heavy atom. The highest BCUT2D eigenvalue weighted by Crippen LogP contribution is 2.28. The van der Waals surface area contributed by atoms with E-state index >= 15 is 0 Å². The monoisotopic (exact) mass is 348 g/mol. The van der Waals surface area contributed by atoms with Crippen molar-refractivity contribution in [1.29, 1.82) is 0 Å². The molecule has 1 unspecified atom stereocenters. The molecule has 5 heteroatoms. The first kappa shape index (κ1) is 17.9. The number of hydrogen-bond donors (Lipinski definition) is 1. The van der Waals surface area contributed by atoms with E-state index in [2.05, 4.69) is 31.3 Å². The number of nitrogens with zero attached hydrogens (tertiary/aromatic N) is 1. The maximum absolute atomic E-state index is 12.3. The van der Waals surface area contributed by atoms with E-state index in [0.717, 1.165) is 17.7 Å². The molecule has 1 N–H and O–H groups in total. The number of aryl methyl sites for hydroxylation is 1. The fraction of sp³-hybridized carbons (Fsp3) is 0.389. The Bertz CT molecular complexity index is 640. The van der Waals surface area contributed by atoms with Gasteiger partial charge in [-0.3, -0.25) is 0 Å². The van der Waals surface area contributed by atoms with Crippen LogP contribution in [0.3, 0.4) is 0 Å². The van der Waals surface area contributed by atoms with Gasteiger partial charge in [-0.05, 0) is 48.6 Å². The van der Waals surface area contributed by atoms with Crippen molar-refractivity contribution in [3.8, 4) is 0 Å². The Balaban J connectivity index is 1.97. The molecule has 0 bridgehead atoms. The lowest BCUT2D eigenvalue weighted by Crippen LogP contribution is -2.30.